The average molecular weight is 1040 g/mol. The molecule has 0 aromatic heterocycles. The molecule has 2 aromatic carbocycles. The Morgan fingerprint density at radius 1 is 0.552 bits per heavy atom. The molecule has 4 rings (SSSR count). The van der Waals surface area contributed by atoms with E-state index >= 15 is 0 Å². The van der Waals surface area contributed by atoms with Crippen LogP contribution in [0.2, 0.25) is 0 Å². The van der Waals surface area contributed by atoms with E-state index < -0.39 is 131 Å². The molecule has 0 saturated carbocycles. The van der Waals surface area contributed by atoms with Crippen LogP contribution in [0, 0.1) is 23.7 Å². The van der Waals surface area contributed by atoms with Gasteiger partial charge in [0, 0.05) is 0 Å². The van der Waals surface area contributed by atoms with Gasteiger partial charge in [-0.3, -0.25) is 19.2 Å². The van der Waals surface area contributed by atoms with Crippen LogP contribution < -0.4 is 4.74 Å². The lowest BCUT2D eigenvalue weighted by atomic mass is 9.78. The first-order valence-corrected chi connectivity index (χ1v) is 21.1. The zero-order chi connectivity index (χ0) is 51.8. The lowest BCUT2D eigenvalue weighted by Gasteiger charge is -2.36. The fourth-order valence-electron chi connectivity index (χ4n) is 6.84. The van der Waals surface area contributed by atoms with Crippen molar-refractivity contribution in [1.29, 1.82) is 0 Å². The molecular weight excluding hydrogens is 1010 g/mol. The summed E-state index contributed by atoms with van der Waals surface area (Å²) in [4.78, 5) is 61.2. The first-order chi connectivity index (χ1) is 30.2. The summed E-state index contributed by atoms with van der Waals surface area (Å²) in [7, 11) is -12.5. The van der Waals surface area contributed by atoms with Gasteiger partial charge in [-0.25, -0.2) is 4.79 Å². The first-order valence-electron chi connectivity index (χ1n) is 18.3. The standard InChI is InChI=1S/C20H15F12NO8S.C15H16F3NO5S/c1-3-11(12-8(2)13(34)33(14(12)35)41-42(37,38)20(30,31)32)9-4-6-10(7-5-9)39-15(36)40-16(17(21,22)23,18(24,25)26)19(27,28)29;1-3-11(10-7-5-4-6-8-10)12-9(2)13(20)19(14(12)21)24-25(22,23)15(16,17)18/h4-8,11-12H,3H2,1-2H3;4-9,11-12H,3H2,1-2H3. The van der Waals surface area contributed by atoms with E-state index in [-0.39, 0.29) is 17.0 Å². The molecule has 0 aliphatic carbocycles. The molecule has 67 heavy (non-hydrogen) atoms. The summed E-state index contributed by atoms with van der Waals surface area (Å²) in [5, 5.41) is -0.869. The number of nitrogens with zero attached hydrogens (tertiary/aromatic N) is 2. The molecule has 0 N–H and O–H groups in total. The summed E-state index contributed by atoms with van der Waals surface area (Å²) in [6.07, 6.45) is -24.4. The number of benzene rings is 2. The number of carbonyl (C=O) groups is 5. The highest BCUT2D eigenvalue weighted by Crippen LogP contribution is 2.55. The molecule has 15 nitrogen and oxygen atoms in total. The Morgan fingerprint density at radius 2 is 0.881 bits per heavy atom. The number of hydrogen-bond acceptors (Lipinski definition) is 13. The van der Waals surface area contributed by atoms with Gasteiger partial charge in [0.15, 0.2) is 0 Å². The Hall–Kier alpha value is -5.24. The third-order valence-electron chi connectivity index (χ3n) is 10.1. The number of imide groups is 2. The molecule has 376 valence electrons. The molecule has 2 fully saturated rings. The van der Waals surface area contributed by atoms with Crippen LogP contribution in [0.15, 0.2) is 54.6 Å². The van der Waals surface area contributed by atoms with Crippen LogP contribution >= 0.6 is 0 Å². The topological polar surface area (TPSA) is 197 Å². The molecule has 0 radical (unpaired) electrons. The van der Waals surface area contributed by atoms with Crippen LogP contribution in [-0.4, -0.2) is 91.9 Å². The SMILES string of the molecule is CCC(c1ccc(OC(=O)OC(C(F)(F)F)(C(F)(F)F)C(F)(F)F)cc1)C1C(=O)N(OS(=O)(=O)C(F)(F)F)C(=O)C1C.CCC(c1ccccc1)C1C(=O)N(OS(=O)(=O)C(F)(F)F)C(=O)C1C. The molecule has 4 amide bonds. The zero-order valence-corrected chi connectivity index (χ0v) is 35.4. The van der Waals surface area contributed by atoms with Crippen molar-refractivity contribution < 1.29 is 125 Å². The molecular formula is C35H31F15N2O13S2. The fraction of sp³-hybridized carbons (Fsp3) is 0.514. The minimum atomic E-state index is -7.22. The Kier molecular flexibility index (Phi) is 16.2. The van der Waals surface area contributed by atoms with Gasteiger partial charge in [0.05, 0.1) is 23.7 Å². The maximum Gasteiger partial charge on any atom is 0.525 e. The normalized spacial score (nSPS) is 21.2. The van der Waals surface area contributed by atoms with Crippen LogP contribution in [0.4, 0.5) is 70.7 Å². The summed E-state index contributed by atoms with van der Waals surface area (Å²) >= 11 is 0. The molecule has 2 heterocycles. The Labute approximate surface area is 367 Å². The molecule has 0 spiro atoms. The van der Waals surface area contributed by atoms with Gasteiger partial charge in [0.2, 0.25) is 0 Å². The second-order valence-corrected chi connectivity index (χ2v) is 17.2. The molecule has 6 unspecified atom stereocenters. The van der Waals surface area contributed by atoms with E-state index in [1.165, 1.54) is 13.8 Å². The Bertz CT molecular complexity index is 2350. The van der Waals surface area contributed by atoms with Crippen molar-refractivity contribution in [1.82, 2.24) is 10.1 Å². The van der Waals surface area contributed by atoms with Crippen molar-refractivity contribution >= 4 is 50.0 Å². The number of rotatable bonds is 12. The summed E-state index contributed by atoms with van der Waals surface area (Å²) in [5.74, 6) is -12.8. The van der Waals surface area contributed by atoms with Gasteiger partial charge < -0.3 is 9.47 Å². The second kappa shape index (κ2) is 19.4. The van der Waals surface area contributed by atoms with Crippen molar-refractivity contribution in [2.24, 2.45) is 23.7 Å². The number of ether oxygens (including phenoxy) is 2. The number of halogens is 15. The highest BCUT2D eigenvalue weighted by molar-refractivity contribution is 7.87. The number of hydrogen-bond donors (Lipinski definition) is 0. The van der Waals surface area contributed by atoms with E-state index in [9.17, 15) is 107 Å². The van der Waals surface area contributed by atoms with E-state index in [0.29, 0.717) is 18.6 Å². The van der Waals surface area contributed by atoms with Crippen molar-refractivity contribution in [2.75, 3.05) is 0 Å². The summed E-state index contributed by atoms with van der Waals surface area (Å²) in [6, 6.07) is 11.7. The maximum absolute atomic E-state index is 12.9. The van der Waals surface area contributed by atoms with E-state index in [0.717, 1.165) is 24.6 Å². The first kappa shape index (κ1) is 56.1. The molecule has 32 heteroatoms. The van der Waals surface area contributed by atoms with Gasteiger partial charge in [0.25, 0.3) is 23.6 Å². The monoisotopic (exact) mass is 1040 g/mol. The van der Waals surface area contributed by atoms with Crippen molar-refractivity contribution in [3.05, 3.63) is 65.7 Å². The van der Waals surface area contributed by atoms with Crippen LogP contribution in [0.1, 0.15) is 63.5 Å². The van der Waals surface area contributed by atoms with Gasteiger partial charge in [-0.1, -0.05) is 70.2 Å². The van der Waals surface area contributed by atoms with Crippen molar-refractivity contribution in [3.8, 4) is 5.75 Å². The lowest BCUT2D eigenvalue weighted by molar-refractivity contribution is -0.445. The Balaban J connectivity index is 0.000000403. The lowest BCUT2D eigenvalue weighted by Crippen LogP contribution is -2.68. The number of alkyl halides is 15. The summed E-state index contributed by atoms with van der Waals surface area (Å²) in [6.45, 7) is 5.55. The van der Waals surface area contributed by atoms with E-state index in [1.54, 1.807) is 37.3 Å². The fourth-order valence-corrected chi connectivity index (χ4v) is 7.69. The Morgan fingerprint density at radius 3 is 1.18 bits per heavy atom. The minimum absolute atomic E-state index is 0.0213. The third-order valence-corrected chi connectivity index (χ3v) is 11.9. The van der Waals surface area contributed by atoms with Crippen molar-refractivity contribution in [3.63, 3.8) is 0 Å². The van der Waals surface area contributed by atoms with Gasteiger partial charge in [-0.05, 0) is 47.9 Å². The van der Waals surface area contributed by atoms with Crippen LogP contribution in [0.5, 0.6) is 5.75 Å². The van der Waals surface area contributed by atoms with E-state index in [4.69, 9.17) is 0 Å². The van der Waals surface area contributed by atoms with Crippen molar-refractivity contribution in [2.45, 2.75) is 87.5 Å². The molecule has 2 aromatic rings. The number of amides is 4. The summed E-state index contributed by atoms with van der Waals surface area (Å²) in [5.41, 5.74) is -18.0. The maximum atomic E-state index is 12.9. The quantitative estimate of drug-likeness (QED) is 0.0651. The molecule has 2 aliphatic heterocycles. The highest BCUT2D eigenvalue weighted by Gasteiger charge is 2.87. The average Bonchev–Trinajstić information content (AvgIpc) is 3.50. The van der Waals surface area contributed by atoms with Gasteiger partial charge >= 0.3 is 61.5 Å². The van der Waals surface area contributed by atoms with Gasteiger partial charge in [0.1, 0.15) is 5.75 Å². The van der Waals surface area contributed by atoms with Gasteiger partial charge in [-0.15, -0.1) is 18.7 Å². The van der Waals surface area contributed by atoms with Crippen LogP contribution in [0.25, 0.3) is 0 Å². The molecule has 0 bridgehead atoms. The molecule has 2 aliphatic rings. The van der Waals surface area contributed by atoms with Crippen LogP contribution in [0.3, 0.4) is 0 Å². The number of carbonyl (C=O) groups excluding carboxylic acids is 5. The minimum Gasteiger partial charge on any atom is -0.399 e. The smallest absolute Gasteiger partial charge is 0.399 e. The zero-order valence-electron chi connectivity index (χ0n) is 33.8. The molecule has 2 saturated heterocycles. The third kappa shape index (κ3) is 11.2. The second-order valence-electron chi connectivity index (χ2n) is 14.2. The number of hydroxylamine groups is 4. The van der Waals surface area contributed by atoms with Gasteiger partial charge in [-0.2, -0.15) is 82.7 Å². The molecule has 6 atom stereocenters. The summed E-state index contributed by atoms with van der Waals surface area (Å²) < 4.78 is 251. The van der Waals surface area contributed by atoms with E-state index in [1.807, 2.05) is 0 Å². The highest BCUT2D eigenvalue weighted by atomic mass is 32.2. The largest absolute Gasteiger partial charge is 0.525 e. The predicted octanol–water partition coefficient (Wildman–Crippen LogP) is 8.11. The van der Waals surface area contributed by atoms with E-state index in [2.05, 4.69) is 18.0 Å². The van der Waals surface area contributed by atoms with Crippen LogP contribution in [-0.2, 0) is 52.7 Å². The predicted molar refractivity (Wildman–Crippen MR) is 188 cm³/mol.